The van der Waals surface area contributed by atoms with E-state index in [1.165, 1.54) is 17.8 Å². The van der Waals surface area contributed by atoms with Crippen LogP contribution in [-0.4, -0.2) is 12.2 Å². The van der Waals surface area contributed by atoms with Crippen LogP contribution in [0.1, 0.15) is 17.3 Å². The minimum absolute atomic E-state index is 0.111. The molecule has 5 heteroatoms. The zero-order chi connectivity index (χ0) is 11.2. The number of hydrogen-bond acceptors (Lipinski definition) is 1. The van der Waals surface area contributed by atoms with Crippen LogP contribution in [0.15, 0.2) is 17.0 Å². The summed E-state index contributed by atoms with van der Waals surface area (Å²) in [6, 6.07) is 2.45. The Morgan fingerprint density at radius 3 is 2.67 bits per heavy atom. The van der Waals surface area contributed by atoms with Crippen LogP contribution in [0.3, 0.4) is 0 Å². The molecule has 1 aliphatic carbocycles. The molecule has 0 aromatic heterocycles. The maximum atomic E-state index is 13.3. The van der Waals surface area contributed by atoms with Crippen molar-refractivity contribution < 1.29 is 17.6 Å². The molecule has 0 bridgehead atoms. The van der Waals surface area contributed by atoms with E-state index in [9.17, 15) is 17.6 Å². The highest BCUT2D eigenvalue weighted by molar-refractivity contribution is 7.98. The SMILES string of the molecule is CSc1ccc(F)c2c1CC(F)(F)C2F. The van der Waals surface area contributed by atoms with Gasteiger partial charge in [0.25, 0.3) is 5.92 Å². The number of alkyl halides is 3. The van der Waals surface area contributed by atoms with E-state index in [1.807, 2.05) is 0 Å². The van der Waals surface area contributed by atoms with E-state index in [4.69, 9.17) is 0 Å². The summed E-state index contributed by atoms with van der Waals surface area (Å²) in [5.74, 6) is -4.36. The van der Waals surface area contributed by atoms with Gasteiger partial charge in [-0.25, -0.2) is 17.6 Å². The number of thioether (sulfide) groups is 1. The first-order valence-corrected chi connectivity index (χ1v) is 5.57. The molecule has 2 rings (SSSR count). The van der Waals surface area contributed by atoms with Crippen LogP contribution in [0, 0.1) is 5.82 Å². The molecule has 0 N–H and O–H groups in total. The molecule has 0 spiro atoms. The standard InChI is InChI=1S/C10H8F4S/c1-15-7-3-2-6(11)8-5(7)4-10(13,14)9(8)12/h2-3,9H,4H2,1H3. The van der Waals surface area contributed by atoms with E-state index in [2.05, 4.69) is 0 Å². The molecule has 1 aromatic rings. The molecule has 1 aliphatic rings. The lowest BCUT2D eigenvalue weighted by Gasteiger charge is -2.10. The Bertz CT molecular complexity index is 403. The van der Waals surface area contributed by atoms with Gasteiger partial charge in [-0.2, -0.15) is 0 Å². The molecule has 0 saturated carbocycles. The zero-order valence-electron chi connectivity index (χ0n) is 7.86. The maximum Gasteiger partial charge on any atom is 0.286 e. The van der Waals surface area contributed by atoms with Crippen molar-refractivity contribution >= 4 is 11.8 Å². The summed E-state index contributed by atoms with van der Waals surface area (Å²) < 4.78 is 52.6. The van der Waals surface area contributed by atoms with Gasteiger partial charge >= 0.3 is 0 Å². The Hall–Kier alpha value is -0.710. The molecule has 0 amide bonds. The van der Waals surface area contributed by atoms with E-state index < -0.39 is 29.9 Å². The van der Waals surface area contributed by atoms with Gasteiger partial charge < -0.3 is 0 Å². The van der Waals surface area contributed by atoms with Crippen molar-refractivity contribution in [3.05, 3.63) is 29.1 Å². The highest BCUT2D eigenvalue weighted by Crippen LogP contribution is 2.49. The number of benzene rings is 1. The van der Waals surface area contributed by atoms with Gasteiger partial charge in [0.15, 0.2) is 6.17 Å². The number of halogens is 4. The molecule has 0 saturated heterocycles. The molecule has 1 aromatic carbocycles. The zero-order valence-corrected chi connectivity index (χ0v) is 8.68. The maximum absolute atomic E-state index is 13.3. The lowest BCUT2D eigenvalue weighted by Crippen LogP contribution is -2.18. The van der Waals surface area contributed by atoms with Crippen LogP contribution in [0.2, 0.25) is 0 Å². The van der Waals surface area contributed by atoms with Gasteiger partial charge in [0, 0.05) is 16.9 Å². The average Bonchev–Trinajstić information content (AvgIpc) is 2.40. The average molecular weight is 236 g/mol. The summed E-state index contributed by atoms with van der Waals surface area (Å²) in [7, 11) is 0. The second kappa shape index (κ2) is 3.40. The fourth-order valence-corrected chi connectivity index (χ4v) is 2.43. The van der Waals surface area contributed by atoms with Crippen LogP contribution in [0.25, 0.3) is 0 Å². The minimum Gasteiger partial charge on any atom is -0.235 e. The first-order valence-electron chi connectivity index (χ1n) is 4.34. The lowest BCUT2D eigenvalue weighted by molar-refractivity contribution is -0.0611. The Morgan fingerprint density at radius 1 is 1.40 bits per heavy atom. The van der Waals surface area contributed by atoms with E-state index in [1.54, 1.807) is 6.26 Å². The lowest BCUT2D eigenvalue weighted by atomic mass is 10.1. The van der Waals surface area contributed by atoms with Crippen molar-refractivity contribution in [2.75, 3.05) is 6.26 Å². The molecular formula is C10H8F4S. The molecule has 1 unspecified atom stereocenters. The molecule has 0 aliphatic heterocycles. The largest absolute Gasteiger partial charge is 0.286 e. The first-order chi connectivity index (χ1) is 6.97. The molecule has 1 atom stereocenters. The Morgan fingerprint density at radius 2 is 2.07 bits per heavy atom. The number of rotatable bonds is 1. The highest BCUT2D eigenvalue weighted by Gasteiger charge is 2.50. The third-order valence-corrected chi connectivity index (χ3v) is 3.34. The summed E-state index contributed by atoms with van der Waals surface area (Å²) in [5, 5.41) is 0. The monoisotopic (exact) mass is 236 g/mol. The summed E-state index contributed by atoms with van der Waals surface area (Å²) in [5.41, 5.74) is -0.355. The Kier molecular flexibility index (Phi) is 2.45. The molecule has 0 fully saturated rings. The smallest absolute Gasteiger partial charge is 0.235 e. The summed E-state index contributed by atoms with van der Waals surface area (Å²) in [6.45, 7) is 0. The predicted molar refractivity (Wildman–Crippen MR) is 50.7 cm³/mol. The van der Waals surface area contributed by atoms with Gasteiger partial charge in [-0.1, -0.05) is 0 Å². The summed E-state index contributed by atoms with van der Waals surface area (Å²) >= 11 is 1.22. The molecule has 82 valence electrons. The van der Waals surface area contributed by atoms with Crippen LogP contribution < -0.4 is 0 Å². The minimum atomic E-state index is -3.48. The van der Waals surface area contributed by atoms with Crippen LogP contribution in [0.5, 0.6) is 0 Å². The topological polar surface area (TPSA) is 0 Å². The quantitative estimate of drug-likeness (QED) is 0.528. The van der Waals surface area contributed by atoms with E-state index in [-0.39, 0.29) is 5.56 Å². The van der Waals surface area contributed by atoms with Gasteiger partial charge in [0.2, 0.25) is 0 Å². The fourth-order valence-electron chi connectivity index (χ4n) is 1.80. The second-order valence-electron chi connectivity index (χ2n) is 3.44. The van der Waals surface area contributed by atoms with Crippen molar-refractivity contribution in [3.63, 3.8) is 0 Å². The van der Waals surface area contributed by atoms with Crippen molar-refractivity contribution in [2.45, 2.75) is 23.4 Å². The molecule has 0 radical (unpaired) electrons. The third kappa shape index (κ3) is 1.53. The molecular weight excluding hydrogens is 228 g/mol. The Balaban J connectivity index is 2.61. The molecule has 0 heterocycles. The first kappa shape index (κ1) is 10.8. The fraction of sp³-hybridized carbons (Fsp3) is 0.400. The second-order valence-corrected chi connectivity index (χ2v) is 4.29. The van der Waals surface area contributed by atoms with Crippen LogP contribution in [0.4, 0.5) is 17.6 Å². The van der Waals surface area contributed by atoms with Crippen molar-refractivity contribution in [2.24, 2.45) is 0 Å². The van der Waals surface area contributed by atoms with E-state index >= 15 is 0 Å². The van der Waals surface area contributed by atoms with E-state index in [0.29, 0.717) is 4.90 Å². The predicted octanol–water partition coefficient (Wildman–Crippen LogP) is 3.75. The number of fused-ring (bicyclic) bond motifs is 1. The Labute approximate surface area is 88.7 Å². The van der Waals surface area contributed by atoms with Crippen LogP contribution in [-0.2, 0) is 6.42 Å². The number of hydrogen-bond donors (Lipinski definition) is 0. The van der Waals surface area contributed by atoms with Crippen molar-refractivity contribution in [1.29, 1.82) is 0 Å². The third-order valence-electron chi connectivity index (χ3n) is 2.52. The van der Waals surface area contributed by atoms with E-state index in [0.717, 1.165) is 6.07 Å². The van der Waals surface area contributed by atoms with Gasteiger partial charge in [-0.05, 0) is 24.0 Å². The van der Waals surface area contributed by atoms with Gasteiger partial charge in [0.05, 0.1) is 0 Å². The molecule has 0 nitrogen and oxygen atoms in total. The normalized spacial score (nSPS) is 22.9. The van der Waals surface area contributed by atoms with Crippen molar-refractivity contribution in [3.8, 4) is 0 Å². The summed E-state index contributed by atoms with van der Waals surface area (Å²) in [6.07, 6.45) is -1.53. The van der Waals surface area contributed by atoms with Gasteiger partial charge in [-0.15, -0.1) is 11.8 Å². The highest BCUT2D eigenvalue weighted by atomic mass is 32.2. The molecule has 15 heavy (non-hydrogen) atoms. The van der Waals surface area contributed by atoms with Crippen LogP contribution >= 0.6 is 11.8 Å². The van der Waals surface area contributed by atoms with Crippen molar-refractivity contribution in [1.82, 2.24) is 0 Å². The summed E-state index contributed by atoms with van der Waals surface area (Å²) in [4.78, 5) is 0.520. The van der Waals surface area contributed by atoms with Gasteiger partial charge in [-0.3, -0.25) is 0 Å². The van der Waals surface area contributed by atoms with Gasteiger partial charge in [0.1, 0.15) is 5.82 Å².